The van der Waals surface area contributed by atoms with Crippen molar-refractivity contribution in [3.63, 3.8) is 0 Å². The third kappa shape index (κ3) is 3.95. The highest BCUT2D eigenvalue weighted by atomic mass is 16.2. The van der Waals surface area contributed by atoms with Gasteiger partial charge in [-0.2, -0.15) is 5.26 Å². The number of rotatable bonds is 3. The Morgan fingerprint density at radius 2 is 1.62 bits per heavy atom. The maximum atomic E-state index is 12.7. The second-order valence-corrected chi connectivity index (χ2v) is 7.84. The summed E-state index contributed by atoms with van der Waals surface area (Å²) < 4.78 is 0. The Hall–Kier alpha value is -1.90. The number of amides is 2. The molecule has 2 atom stereocenters. The molecule has 6 nitrogen and oxygen atoms in total. The van der Waals surface area contributed by atoms with Crippen molar-refractivity contribution in [2.24, 2.45) is 17.3 Å². The van der Waals surface area contributed by atoms with Gasteiger partial charge in [0.15, 0.2) is 11.7 Å². The van der Waals surface area contributed by atoms with Gasteiger partial charge in [-0.25, -0.2) is 0 Å². The molecule has 2 rings (SSSR count). The Morgan fingerprint density at radius 3 is 2.17 bits per heavy atom. The second kappa shape index (κ2) is 7.33. The van der Waals surface area contributed by atoms with Crippen LogP contribution < -0.4 is 0 Å². The van der Waals surface area contributed by atoms with Crippen LogP contribution in [-0.2, 0) is 14.4 Å². The Balaban J connectivity index is 2.06. The predicted octanol–water partition coefficient (Wildman–Crippen LogP) is 1.60. The van der Waals surface area contributed by atoms with Gasteiger partial charge < -0.3 is 9.80 Å². The summed E-state index contributed by atoms with van der Waals surface area (Å²) in [5.41, 5.74) is -0.495. The van der Waals surface area contributed by atoms with Gasteiger partial charge in [0.25, 0.3) is 0 Å². The lowest BCUT2D eigenvalue weighted by molar-refractivity contribution is -0.144. The molecule has 2 fully saturated rings. The standard InChI is InChI=1S/C18H27N3O3/c1-18(2,3)17(24)21-10-6-7-13(12-21)15(22)14(11-19)16(23)20-8-4-5-9-20/h13-14H,4-10,12H2,1-3H3. The van der Waals surface area contributed by atoms with Crippen molar-refractivity contribution < 1.29 is 14.4 Å². The summed E-state index contributed by atoms with van der Waals surface area (Å²) in [5, 5.41) is 9.36. The molecule has 6 heteroatoms. The van der Waals surface area contributed by atoms with Gasteiger partial charge in [-0.05, 0) is 25.7 Å². The average Bonchev–Trinajstić information content (AvgIpc) is 3.08. The fourth-order valence-electron chi connectivity index (χ4n) is 3.46. The smallest absolute Gasteiger partial charge is 0.247 e. The van der Waals surface area contributed by atoms with E-state index in [0.717, 1.165) is 19.3 Å². The fraction of sp³-hybridized carbons (Fsp3) is 0.778. The Kier molecular flexibility index (Phi) is 5.63. The Labute approximate surface area is 143 Å². The normalized spacial score (nSPS) is 22.8. The lowest BCUT2D eigenvalue weighted by Gasteiger charge is -2.36. The topological polar surface area (TPSA) is 81.5 Å². The summed E-state index contributed by atoms with van der Waals surface area (Å²) in [4.78, 5) is 40.9. The minimum atomic E-state index is -1.22. The van der Waals surface area contributed by atoms with Crippen LogP contribution in [0, 0.1) is 28.6 Å². The molecule has 0 radical (unpaired) electrons. The summed E-state index contributed by atoms with van der Waals surface area (Å²) in [7, 11) is 0. The van der Waals surface area contributed by atoms with Crippen molar-refractivity contribution >= 4 is 17.6 Å². The van der Waals surface area contributed by atoms with E-state index in [-0.39, 0.29) is 17.6 Å². The lowest BCUT2D eigenvalue weighted by Crippen LogP contribution is -2.49. The van der Waals surface area contributed by atoms with Crippen LogP contribution in [0.5, 0.6) is 0 Å². The van der Waals surface area contributed by atoms with Gasteiger partial charge in [0.1, 0.15) is 0 Å². The summed E-state index contributed by atoms with van der Waals surface area (Å²) in [6.07, 6.45) is 3.22. The number of nitrogens with zero attached hydrogens (tertiary/aromatic N) is 3. The van der Waals surface area contributed by atoms with Crippen LogP contribution in [0.4, 0.5) is 0 Å². The van der Waals surface area contributed by atoms with Crippen LogP contribution in [0.1, 0.15) is 46.5 Å². The number of hydrogen-bond acceptors (Lipinski definition) is 4. The van der Waals surface area contributed by atoms with Crippen molar-refractivity contribution in [2.75, 3.05) is 26.2 Å². The minimum absolute atomic E-state index is 0.0133. The number of piperidine rings is 1. The summed E-state index contributed by atoms with van der Waals surface area (Å²) >= 11 is 0. The van der Waals surface area contributed by atoms with E-state index in [1.807, 2.05) is 26.8 Å². The van der Waals surface area contributed by atoms with Crippen LogP contribution >= 0.6 is 0 Å². The van der Waals surface area contributed by atoms with Gasteiger partial charge in [-0.3, -0.25) is 14.4 Å². The molecule has 0 aromatic carbocycles. The first-order chi connectivity index (χ1) is 11.3. The highest BCUT2D eigenvalue weighted by Crippen LogP contribution is 2.26. The third-order valence-electron chi connectivity index (χ3n) is 4.83. The van der Waals surface area contributed by atoms with Gasteiger partial charge in [0, 0.05) is 37.5 Å². The van der Waals surface area contributed by atoms with E-state index in [2.05, 4.69) is 0 Å². The predicted molar refractivity (Wildman–Crippen MR) is 88.7 cm³/mol. The largest absolute Gasteiger partial charge is 0.342 e. The molecule has 132 valence electrons. The number of nitriles is 1. The first-order valence-electron chi connectivity index (χ1n) is 8.77. The molecule has 0 aromatic rings. The minimum Gasteiger partial charge on any atom is -0.342 e. The first-order valence-corrected chi connectivity index (χ1v) is 8.77. The molecular weight excluding hydrogens is 306 g/mol. The zero-order valence-electron chi connectivity index (χ0n) is 14.9. The molecule has 0 aromatic heterocycles. The zero-order chi connectivity index (χ0) is 17.9. The van der Waals surface area contributed by atoms with Crippen molar-refractivity contribution in [1.82, 2.24) is 9.80 Å². The Morgan fingerprint density at radius 1 is 1.04 bits per heavy atom. The third-order valence-corrected chi connectivity index (χ3v) is 4.83. The summed E-state index contributed by atoms with van der Waals surface area (Å²) in [6.45, 7) is 7.78. The Bertz CT molecular complexity index is 553. The van der Waals surface area contributed by atoms with Crippen molar-refractivity contribution in [3.05, 3.63) is 0 Å². The molecule has 2 unspecified atom stereocenters. The monoisotopic (exact) mass is 333 g/mol. The zero-order valence-corrected chi connectivity index (χ0v) is 14.9. The molecule has 24 heavy (non-hydrogen) atoms. The van der Waals surface area contributed by atoms with Crippen molar-refractivity contribution in [3.8, 4) is 6.07 Å². The molecule has 0 saturated carbocycles. The number of ketones is 1. The van der Waals surface area contributed by atoms with E-state index in [0.29, 0.717) is 32.6 Å². The first kappa shape index (κ1) is 18.4. The van der Waals surface area contributed by atoms with Crippen LogP contribution in [0.2, 0.25) is 0 Å². The van der Waals surface area contributed by atoms with Crippen molar-refractivity contribution in [2.45, 2.75) is 46.5 Å². The average molecular weight is 333 g/mol. The molecule has 0 bridgehead atoms. The number of likely N-dealkylation sites (tertiary alicyclic amines) is 2. The molecule has 0 N–H and O–H groups in total. The van der Waals surface area contributed by atoms with Gasteiger partial charge in [-0.1, -0.05) is 20.8 Å². The molecule has 0 aliphatic carbocycles. The molecular formula is C18H27N3O3. The quantitative estimate of drug-likeness (QED) is 0.735. The molecule has 2 aliphatic rings. The lowest BCUT2D eigenvalue weighted by atomic mass is 9.85. The van der Waals surface area contributed by atoms with Crippen LogP contribution in [0.25, 0.3) is 0 Å². The molecule has 2 heterocycles. The second-order valence-electron chi connectivity index (χ2n) is 7.84. The number of Topliss-reactive ketones (excluding diaryl/α,β-unsaturated/α-hetero) is 1. The highest BCUT2D eigenvalue weighted by molar-refractivity contribution is 6.05. The van der Waals surface area contributed by atoms with Crippen LogP contribution in [0.3, 0.4) is 0 Å². The number of carbonyl (C=O) groups is 3. The molecule has 2 amide bonds. The van der Waals surface area contributed by atoms with Gasteiger partial charge in [-0.15, -0.1) is 0 Å². The van der Waals surface area contributed by atoms with E-state index >= 15 is 0 Å². The van der Waals surface area contributed by atoms with E-state index in [1.54, 1.807) is 9.80 Å². The highest BCUT2D eigenvalue weighted by Gasteiger charge is 2.39. The van der Waals surface area contributed by atoms with E-state index in [4.69, 9.17) is 0 Å². The van der Waals surface area contributed by atoms with Gasteiger partial charge in [0.2, 0.25) is 11.8 Å². The maximum Gasteiger partial charge on any atom is 0.247 e. The summed E-state index contributed by atoms with van der Waals surface area (Å²) in [5.74, 6) is -2.31. The summed E-state index contributed by atoms with van der Waals surface area (Å²) in [6, 6.07) is 1.91. The number of carbonyl (C=O) groups excluding carboxylic acids is 3. The van der Waals surface area contributed by atoms with Crippen LogP contribution in [-0.4, -0.2) is 53.6 Å². The SMILES string of the molecule is CC(C)(C)C(=O)N1CCCC(C(=O)C(C#N)C(=O)N2CCCC2)C1. The molecule has 0 spiro atoms. The van der Waals surface area contributed by atoms with Gasteiger partial charge >= 0.3 is 0 Å². The molecule has 2 aliphatic heterocycles. The van der Waals surface area contributed by atoms with Gasteiger partial charge in [0.05, 0.1) is 6.07 Å². The van der Waals surface area contributed by atoms with Crippen molar-refractivity contribution in [1.29, 1.82) is 5.26 Å². The van der Waals surface area contributed by atoms with E-state index in [9.17, 15) is 19.6 Å². The number of hydrogen-bond donors (Lipinski definition) is 0. The fourth-order valence-corrected chi connectivity index (χ4v) is 3.46. The maximum absolute atomic E-state index is 12.7. The van der Waals surface area contributed by atoms with E-state index in [1.165, 1.54) is 0 Å². The van der Waals surface area contributed by atoms with E-state index < -0.39 is 17.3 Å². The van der Waals surface area contributed by atoms with Crippen LogP contribution in [0.15, 0.2) is 0 Å². The molecule has 2 saturated heterocycles.